The summed E-state index contributed by atoms with van der Waals surface area (Å²) in [4.78, 5) is 35.1. The van der Waals surface area contributed by atoms with Gasteiger partial charge in [-0.25, -0.2) is 4.57 Å². The van der Waals surface area contributed by atoms with E-state index in [1.165, 1.54) is 0 Å². The number of rotatable bonds is 7. The number of amides is 2. The van der Waals surface area contributed by atoms with E-state index in [9.17, 15) is 18.9 Å². The average molecular weight is 391 g/mol. The highest BCUT2D eigenvalue weighted by Gasteiger charge is 2.48. The zero-order valence-corrected chi connectivity index (χ0v) is 15.7. The van der Waals surface area contributed by atoms with Gasteiger partial charge in [0.2, 0.25) is 11.8 Å². The van der Waals surface area contributed by atoms with Crippen molar-refractivity contribution in [3.05, 3.63) is 7.11 Å². The van der Waals surface area contributed by atoms with Crippen molar-refractivity contribution in [2.75, 3.05) is 19.8 Å². The molecule has 2 saturated heterocycles. The Kier molecular flexibility index (Phi) is 6.79. The normalized spacial score (nSPS) is 30.5. The van der Waals surface area contributed by atoms with Gasteiger partial charge in [-0.3, -0.25) is 28.0 Å². The molecular weight excluding hydrogens is 367 g/mol. The van der Waals surface area contributed by atoms with E-state index in [-0.39, 0.29) is 38.1 Å². The van der Waals surface area contributed by atoms with Crippen molar-refractivity contribution >= 4 is 25.6 Å². The molecule has 2 aliphatic heterocycles. The Bertz CT molecular complexity index is 608. The number of carbonyl (C=O) groups excluding carboxylic acids is 3. The van der Waals surface area contributed by atoms with Gasteiger partial charge in [0.25, 0.3) is 0 Å². The van der Waals surface area contributed by atoms with Crippen molar-refractivity contribution in [1.82, 2.24) is 10.6 Å². The van der Waals surface area contributed by atoms with Gasteiger partial charge in [-0.2, -0.15) is 0 Å². The van der Waals surface area contributed by atoms with Crippen molar-refractivity contribution in [1.29, 1.82) is 0 Å². The van der Waals surface area contributed by atoms with E-state index >= 15 is 0 Å². The number of ether oxygens (including phenoxy) is 1. The van der Waals surface area contributed by atoms with E-state index in [1.807, 2.05) is 0 Å². The molecule has 0 aliphatic carbocycles. The Balaban J connectivity index is 1.74. The molecule has 0 aromatic carbocycles. The van der Waals surface area contributed by atoms with Gasteiger partial charge >= 0.3 is 13.8 Å². The van der Waals surface area contributed by atoms with Crippen molar-refractivity contribution in [3.8, 4) is 0 Å². The molecule has 2 heterocycles. The van der Waals surface area contributed by atoms with Gasteiger partial charge in [-0.15, -0.1) is 0 Å². The molecule has 0 aromatic heterocycles. The lowest BCUT2D eigenvalue weighted by atomic mass is 9.87. The number of phosphoric acid groups is 1. The maximum Gasteiger partial charge on any atom is 0.475 e. The fourth-order valence-corrected chi connectivity index (χ4v) is 3.87. The van der Waals surface area contributed by atoms with Crippen LogP contribution in [0.3, 0.4) is 0 Å². The van der Waals surface area contributed by atoms with Crippen LogP contribution in [-0.2, 0) is 37.3 Å². The molecule has 0 bridgehead atoms. The summed E-state index contributed by atoms with van der Waals surface area (Å²) < 4.78 is 31.7. The Morgan fingerprint density at radius 3 is 2.81 bits per heavy atom. The van der Waals surface area contributed by atoms with Gasteiger partial charge in [-0.1, -0.05) is 13.8 Å². The molecular formula is C15H24N2O8P. The lowest BCUT2D eigenvalue weighted by molar-refractivity contribution is -0.145. The number of hydrogen-bond donors (Lipinski definition) is 2. The molecule has 2 rings (SSSR count). The summed E-state index contributed by atoms with van der Waals surface area (Å²) in [5.41, 5.74) is -0.738. The Labute approximate surface area is 151 Å². The molecule has 0 aromatic rings. The molecule has 2 fully saturated rings. The minimum absolute atomic E-state index is 0.00691. The highest BCUT2D eigenvalue weighted by Crippen LogP contribution is 2.56. The molecule has 2 N–H and O–H groups in total. The van der Waals surface area contributed by atoms with E-state index in [2.05, 4.69) is 22.3 Å². The topological polar surface area (TPSA) is 129 Å². The lowest BCUT2D eigenvalue weighted by Crippen LogP contribution is -2.49. The van der Waals surface area contributed by atoms with Gasteiger partial charge in [0.1, 0.15) is 6.61 Å². The summed E-state index contributed by atoms with van der Waals surface area (Å²) in [6, 6.07) is -0.158. The molecule has 11 heteroatoms. The second-order valence-electron chi connectivity index (χ2n) is 6.85. The fourth-order valence-electron chi connectivity index (χ4n) is 2.54. The summed E-state index contributed by atoms with van der Waals surface area (Å²) in [7, 11) is -0.828. The maximum absolute atomic E-state index is 12.3. The zero-order valence-electron chi connectivity index (χ0n) is 14.8. The van der Waals surface area contributed by atoms with Crippen LogP contribution in [0.5, 0.6) is 0 Å². The third-order valence-electron chi connectivity index (χ3n) is 4.09. The van der Waals surface area contributed by atoms with Crippen molar-refractivity contribution in [2.45, 2.75) is 45.3 Å². The summed E-state index contributed by atoms with van der Waals surface area (Å²) >= 11 is 0. The second-order valence-corrected chi connectivity index (χ2v) is 8.47. The molecule has 26 heavy (non-hydrogen) atoms. The Morgan fingerprint density at radius 1 is 1.46 bits per heavy atom. The molecule has 0 saturated carbocycles. The van der Waals surface area contributed by atoms with E-state index in [0.717, 1.165) is 0 Å². The quantitative estimate of drug-likeness (QED) is 0.479. The van der Waals surface area contributed by atoms with Crippen LogP contribution in [-0.4, -0.2) is 49.7 Å². The summed E-state index contributed by atoms with van der Waals surface area (Å²) in [6.07, 6.45) is -0.0546. The molecule has 3 atom stereocenters. The van der Waals surface area contributed by atoms with E-state index in [0.29, 0.717) is 12.8 Å². The van der Waals surface area contributed by atoms with Gasteiger partial charge < -0.3 is 15.4 Å². The number of carbonyl (C=O) groups is 3. The molecule has 2 amide bonds. The second kappa shape index (κ2) is 8.47. The number of nitrogens with one attached hydrogen (secondary N) is 2. The number of esters is 1. The summed E-state index contributed by atoms with van der Waals surface area (Å²) in [5.74, 6) is -1.09. The van der Waals surface area contributed by atoms with Gasteiger partial charge in [0.05, 0.1) is 26.2 Å². The highest BCUT2D eigenvalue weighted by molar-refractivity contribution is 7.48. The lowest BCUT2D eigenvalue weighted by Gasteiger charge is -2.38. The van der Waals surface area contributed by atoms with E-state index in [1.54, 1.807) is 13.8 Å². The summed E-state index contributed by atoms with van der Waals surface area (Å²) in [6.45, 7) is 3.56. The first-order valence-electron chi connectivity index (χ1n) is 8.25. The molecule has 0 spiro atoms. The van der Waals surface area contributed by atoms with E-state index in [4.69, 9.17) is 13.8 Å². The SMILES string of the molecule is [CH2]O[P@@]1(=O)OCC(C)(C)[C@H](C(=O)NCCC(=O)OCC2CCC(=O)N2)O1. The first-order chi connectivity index (χ1) is 12.1. The van der Waals surface area contributed by atoms with Crippen molar-refractivity contribution in [3.63, 3.8) is 0 Å². The monoisotopic (exact) mass is 391 g/mol. The smallest absolute Gasteiger partial charge is 0.463 e. The van der Waals surface area contributed by atoms with Crippen LogP contribution in [0.15, 0.2) is 0 Å². The molecule has 147 valence electrons. The summed E-state index contributed by atoms with van der Waals surface area (Å²) in [5, 5.41) is 5.24. The Hall–Kier alpha value is -1.48. The third-order valence-corrected chi connectivity index (χ3v) is 5.32. The van der Waals surface area contributed by atoms with Crippen LogP contribution < -0.4 is 10.6 Å². The molecule has 10 nitrogen and oxygen atoms in total. The van der Waals surface area contributed by atoms with Gasteiger partial charge in [0.15, 0.2) is 6.10 Å². The van der Waals surface area contributed by atoms with Crippen LogP contribution in [0.1, 0.15) is 33.1 Å². The van der Waals surface area contributed by atoms with Gasteiger partial charge in [0, 0.05) is 18.4 Å². The first-order valence-corrected chi connectivity index (χ1v) is 9.71. The third kappa shape index (κ3) is 5.51. The fraction of sp³-hybridized carbons (Fsp3) is 0.733. The first kappa shape index (κ1) is 20.8. The van der Waals surface area contributed by atoms with Crippen molar-refractivity contribution < 1.29 is 37.3 Å². The van der Waals surface area contributed by atoms with E-state index < -0.39 is 31.2 Å². The van der Waals surface area contributed by atoms with Crippen LogP contribution in [0, 0.1) is 12.5 Å². The van der Waals surface area contributed by atoms with Gasteiger partial charge in [-0.05, 0) is 6.42 Å². The minimum atomic E-state index is -3.86. The number of hydrogen-bond acceptors (Lipinski definition) is 8. The zero-order chi connectivity index (χ0) is 19.4. The average Bonchev–Trinajstić information content (AvgIpc) is 3.01. The predicted octanol–water partition coefficient (Wildman–Crippen LogP) is 0.672. The van der Waals surface area contributed by atoms with Crippen LogP contribution in [0.2, 0.25) is 0 Å². The standard InChI is InChI=1S/C15H24N2O8P/c1-15(2)9-24-26(21,22-3)25-13(15)14(20)16-7-6-12(19)23-8-10-4-5-11(18)17-10/h10,13H,3-9H2,1-2H3,(H,16,20)(H,17,18)/t10?,13-,26-/m0/s1. The highest BCUT2D eigenvalue weighted by atomic mass is 31.2. The van der Waals surface area contributed by atoms with Crippen molar-refractivity contribution in [2.24, 2.45) is 5.41 Å². The molecule has 2 aliphatic rings. The predicted molar refractivity (Wildman–Crippen MR) is 88.4 cm³/mol. The van der Waals surface area contributed by atoms with Crippen LogP contribution >= 0.6 is 7.82 Å². The maximum atomic E-state index is 12.3. The molecule has 1 unspecified atom stereocenters. The molecule has 1 radical (unpaired) electrons. The van der Waals surface area contributed by atoms with Crippen LogP contribution in [0.25, 0.3) is 0 Å². The largest absolute Gasteiger partial charge is 0.475 e. The Morgan fingerprint density at radius 2 is 2.19 bits per heavy atom. The van der Waals surface area contributed by atoms with Crippen LogP contribution in [0.4, 0.5) is 0 Å². The minimum Gasteiger partial charge on any atom is -0.463 e. The number of phosphoric ester groups is 1.